The zero-order valence-corrected chi connectivity index (χ0v) is 79.7. The first-order chi connectivity index (χ1) is 66.2. The van der Waals surface area contributed by atoms with Crippen molar-refractivity contribution >= 4 is 32.6 Å². The van der Waals surface area contributed by atoms with Crippen LogP contribution in [0.25, 0.3) is 181 Å². The van der Waals surface area contributed by atoms with Gasteiger partial charge in [0.25, 0.3) is 29.9 Å². The normalized spacial score (nSPS) is 10.9. The monoisotopic (exact) mass is 1780 g/mol. The quantitative estimate of drug-likeness (QED) is 0.101. The Bertz CT molecular complexity index is 7380. The van der Waals surface area contributed by atoms with Crippen LogP contribution in [-0.4, -0.2) is 49.8 Å². The molecule has 0 radical (unpaired) electrons. The molecule has 0 fully saturated rings. The number of aryl methyl sites for hydroxylation is 11. The molecule has 0 N–H and O–H groups in total. The van der Waals surface area contributed by atoms with Crippen LogP contribution in [0.1, 0.15) is 33.5 Å². The van der Waals surface area contributed by atoms with Gasteiger partial charge >= 0.3 is 40.8 Å². The Morgan fingerprint density at radius 1 is 0.221 bits per heavy atom. The molecule has 20 heteroatoms. The van der Waals surface area contributed by atoms with Crippen LogP contribution >= 0.6 is 0 Å². The van der Waals surface area contributed by atoms with Crippen molar-refractivity contribution in [3.05, 3.63) is 411 Å². The molecule has 21 rings (SSSR count). The summed E-state index contributed by atoms with van der Waals surface area (Å²) in [5.41, 5.74) is 29.0. The SMILES string of the molecule is Cc1ccccc1-c1cc(-c2ccccc2)nc(-c2nccc[n+]2C)[n+]1C.Cc1ccccc1-c1cc2ccccc2c(-c2c3ccccc3nc[n+]2C)[n+]1C.Cc1ccccc1-c1cnc(C)c(-c2c3ccccc3nc[n+]2C)[n+]1C.Cc1ccccc1-c1nc(-c2ccccc2)cc(-c2nccc[n+]2C)[n+]1C.Cc1ccccc1-c1nc(-c2ccccc2)nc(-c2nccc[n+]2C)[n+]1C. The molecular weight excluding hydrogens is 1670 g/mol. The lowest BCUT2D eigenvalue weighted by Gasteiger charge is -2.12. The summed E-state index contributed by atoms with van der Waals surface area (Å²) in [6, 6.07) is 110. The van der Waals surface area contributed by atoms with Crippen molar-refractivity contribution in [3.63, 3.8) is 0 Å². The summed E-state index contributed by atoms with van der Waals surface area (Å²) >= 11 is 0. The molecule has 21 aromatic rings. The molecular formula is C116H110N20+10. The van der Waals surface area contributed by atoms with Crippen molar-refractivity contribution in [1.29, 1.82) is 0 Å². The number of hydrogen-bond donors (Lipinski definition) is 0. The molecule has 0 spiro atoms. The molecule has 0 saturated heterocycles. The fourth-order valence-corrected chi connectivity index (χ4v) is 17.6. The lowest BCUT2D eigenvalue weighted by Crippen LogP contribution is -2.42. The molecule has 0 bridgehead atoms. The summed E-state index contributed by atoms with van der Waals surface area (Å²) < 4.78 is 21.0. The predicted octanol–water partition coefficient (Wildman–Crippen LogP) is 17.6. The third-order valence-corrected chi connectivity index (χ3v) is 24.9. The van der Waals surface area contributed by atoms with E-state index >= 15 is 0 Å². The Morgan fingerprint density at radius 2 is 0.566 bits per heavy atom. The minimum atomic E-state index is 0.688. The van der Waals surface area contributed by atoms with Crippen LogP contribution in [0.5, 0.6) is 0 Å². The fourth-order valence-electron chi connectivity index (χ4n) is 17.6. The maximum absolute atomic E-state index is 5.02. The lowest BCUT2D eigenvalue weighted by atomic mass is 9.98. The average molecular weight is 1780 g/mol. The topological polar surface area (TPSA) is 168 Å². The molecule has 0 atom stereocenters. The number of nitrogens with zero attached hydrogens (tertiary/aromatic N) is 20. The second kappa shape index (κ2) is 40.8. The van der Waals surface area contributed by atoms with E-state index in [1.54, 1.807) is 12.4 Å². The molecule has 10 aromatic heterocycles. The van der Waals surface area contributed by atoms with E-state index < -0.39 is 0 Å². The smallest absolute Gasteiger partial charge is 0.248 e. The maximum Gasteiger partial charge on any atom is 0.419 e. The molecule has 20 nitrogen and oxygen atoms in total. The van der Waals surface area contributed by atoms with Crippen LogP contribution in [0.3, 0.4) is 0 Å². The van der Waals surface area contributed by atoms with Gasteiger partial charge in [0.15, 0.2) is 22.4 Å². The van der Waals surface area contributed by atoms with Crippen LogP contribution in [0, 0.1) is 41.5 Å². The third-order valence-electron chi connectivity index (χ3n) is 24.9. The van der Waals surface area contributed by atoms with E-state index in [0.717, 1.165) is 136 Å². The fraction of sp³-hybridized carbons (Fsp3) is 0.138. The van der Waals surface area contributed by atoms with Gasteiger partial charge in [-0.25, -0.2) is 41.5 Å². The second-order valence-electron chi connectivity index (χ2n) is 34.0. The van der Waals surface area contributed by atoms with Crippen LogP contribution < -0.4 is 45.7 Å². The summed E-state index contributed by atoms with van der Waals surface area (Å²) in [5, 5.41) is 4.75. The predicted molar refractivity (Wildman–Crippen MR) is 534 cm³/mol. The first-order valence-corrected chi connectivity index (χ1v) is 45.4. The van der Waals surface area contributed by atoms with Gasteiger partial charge in [-0.05, 0) is 176 Å². The summed E-state index contributed by atoms with van der Waals surface area (Å²) in [4.78, 5) is 47.4. The second-order valence-corrected chi connectivity index (χ2v) is 34.0. The van der Waals surface area contributed by atoms with Crippen molar-refractivity contribution in [2.75, 3.05) is 0 Å². The molecule has 136 heavy (non-hydrogen) atoms. The summed E-state index contributed by atoms with van der Waals surface area (Å²) in [6.45, 7) is 12.7. The number of benzene rings is 11. The first kappa shape index (κ1) is 90.9. The minimum absolute atomic E-state index is 0.688. The Balaban J connectivity index is 0.000000118. The van der Waals surface area contributed by atoms with Gasteiger partial charge in [0.05, 0.1) is 120 Å². The summed E-state index contributed by atoms with van der Waals surface area (Å²) in [6.07, 6.45) is 17.1. The Hall–Kier alpha value is -17.0. The van der Waals surface area contributed by atoms with Gasteiger partial charge in [-0.3, -0.25) is 0 Å². The molecule has 0 aliphatic rings. The van der Waals surface area contributed by atoms with E-state index in [1.807, 2.05) is 227 Å². The van der Waals surface area contributed by atoms with Gasteiger partial charge in [-0.1, -0.05) is 228 Å². The molecule has 0 amide bonds. The highest BCUT2D eigenvalue weighted by molar-refractivity contribution is 6.00. The third kappa shape index (κ3) is 19.1. The van der Waals surface area contributed by atoms with E-state index in [0.29, 0.717) is 5.82 Å². The number of rotatable bonds is 13. The van der Waals surface area contributed by atoms with Crippen LogP contribution in [0.15, 0.2) is 378 Å². The number of aromatic nitrogens is 20. The van der Waals surface area contributed by atoms with Gasteiger partial charge in [0, 0.05) is 58.7 Å². The van der Waals surface area contributed by atoms with E-state index in [-0.39, 0.29) is 0 Å². The highest BCUT2D eigenvalue weighted by Gasteiger charge is 2.36. The Morgan fingerprint density at radius 3 is 1.04 bits per heavy atom. The Kier molecular flexibility index (Phi) is 27.3. The molecule has 10 heterocycles. The van der Waals surface area contributed by atoms with Crippen LogP contribution in [-0.2, 0) is 70.5 Å². The highest BCUT2D eigenvalue weighted by Crippen LogP contribution is 2.35. The van der Waals surface area contributed by atoms with Crippen molar-refractivity contribution in [3.8, 4) is 148 Å². The number of fused-ring (bicyclic) bond motifs is 3. The molecule has 0 aliphatic heterocycles. The maximum atomic E-state index is 5.02. The lowest BCUT2D eigenvalue weighted by molar-refractivity contribution is -0.690. The standard InChI is InChI=1S/C26H23N3.2C23H22N4.C22H21N5.C22H22N4/c1-18-10-4-6-12-20(18)24-16-19-11-5-7-13-21(19)26(29(24)3)25-22-14-8-9-15-23(22)27-17-28(25)2;1-17-10-7-8-13-19(17)22-25-20(18-11-5-4-6-12-18)16-21(27(22)3)23-24-14-9-15-26(23)2;1-17-10-7-8-13-19(17)21-16-20(18-11-5-4-6-12-18)25-23(27(21)3)22-24-14-9-15-26(22)2;1-16-10-7-8-13-18(16)20-24-19(17-11-5-4-6-12-17)25-22(27(20)3)21-23-14-9-15-26(21)2;1-15-9-5-6-10-17(15)20-13-23-16(2)21(26(20)4)22-18-11-7-8-12-19(18)24-14-25(22)3/h4-17H,1-3H3;2*4-16H,1-3H3;4-15H,1-3H3;5-14H,1-4H3/q5*+2. The van der Waals surface area contributed by atoms with Gasteiger partial charge in [0.2, 0.25) is 28.5 Å². The number of para-hydroxylation sites is 2. The van der Waals surface area contributed by atoms with E-state index in [1.165, 1.54) is 72.4 Å². The van der Waals surface area contributed by atoms with Gasteiger partial charge in [-0.15, -0.1) is 0 Å². The van der Waals surface area contributed by atoms with Gasteiger partial charge in [0.1, 0.15) is 44.1 Å². The van der Waals surface area contributed by atoms with Gasteiger partial charge < -0.3 is 0 Å². The van der Waals surface area contributed by atoms with Crippen LogP contribution in [0.4, 0.5) is 0 Å². The Labute approximate surface area is 794 Å². The van der Waals surface area contributed by atoms with Crippen molar-refractivity contribution in [2.24, 2.45) is 70.5 Å². The number of hydrogen-bond acceptors (Lipinski definition) is 10. The molecule has 664 valence electrons. The first-order valence-electron chi connectivity index (χ1n) is 45.4. The van der Waals surface area contributed by atoms with Crippen molar-refractivity contribution < 1.29 is 45.7 Å². The van der Waals surface area contributed by atoms with Crippen LogP contribution in [0.2, 0.25) is 0 Å². The number of pyridine rings is 1. The van der Waals surface area contributed by atoms with E-state index in [9.17, 15) is 0 Å². The molecule has 0 unspecified atom stereocenters. The molecule has 11 aromatic carbocycles. The molecule has 0 saturated carbocycles. The summed E-state index contributed by atoms with van der Waals surface area (Å²) in [5.74, 6) is 6.59. The largest absolute Gasteiger partial charge is 0.419 e. The van der Waals surface area contributed by atoms with E-state index in [4.69, 9.17) is 24.9 Å². The average Bonchev–Trinajstić information content (AvgIpc) is 0.729. The van der Waals surface area contributed by atoms with Crippen molar-refractivity contribution in [1.82, 2.24) is 49.8 Å². The minimum Gasteiger partial charge on any atom is -0.248 e. The zero-order valence-electron chi connectivity index (χ0n) is 79.7. The van der Waals surface area contributed by atoms with Crippen molar-refractivity contribution in [2.45, 2.75) is 41.5 Å². The molecule has 0 aliphatic carbocycles. The highest BCUT2D eigenvalue weighted by atomic mass is 15.2. The van der Waals surface area contributed by atoms with Gasteiger partial charge in [-0.2, -0.15) is 9.13 Å². The van der Waals surface area contributed by atoms with E-state index in [2.05, 4.69) is 321 Å². The zero-order chi connectivity index (χ0) is 94.6. The summed E-state index contributed by atoms with van der Waals surface area (Å²) in [7, 11) is 20.4.